The Morgan fingerprint density at radius 1 is 1.45 bits per heavy atom. The van der Waals surface area contributed by atoms with Gasteiger partial charge < -0.3 is 10.4 Å². The molecule has 1 aliphatic rings. The average molecular weight is 338 g/mol. The quantitative estimate of drug-likeness (QED) is 0.784. The van der Waals surface area contributed by atoms with Crippen LogP contribution in [0.25, 0.3) is 6.08 Å². The Balaban J connectivity index is 1.92. The van der Waals surface area contributed by atoms with Crippen LogP contribution in [0.1, 0.15) is 24.8 Å². The minimum Gasteiger partial charge on any atom is -0.481 e. The van der Waals surface area contributed by atoms with Gasteiger partial charge in [0.05, 0.1) is 6.42 Å². The average Bonchev–Trinajstić information content (AvgIpc) is 3.19. The highest BCUT2D eigenvalue weighted by Gasteiger charge is 2.33. The maximum Gasteiger partial charge on any atom is 0.305 e. The highest BCUT2D eigenvalue weighted by atomic mass is 79.9. The van der Waals surface area contributed by atoms with Crippen molar-refractivity contribution >= 4 is 33.9 Å². The molecule has 0 heterocycles. The van der Waals surface area contributed by atoms with Gasteiger partial charge in [-0.05, 0) is 42.5 Å². The number of aliphatic carboxylic acids is 1. The van der Waals surface area contributed by atoms with Crippen LogP contribution in [-0.2, 0) is 9.59 Å². The predicted molar refractivity (Wildman–Crippen MR) is 80.1 cm³/mol. The Bertz CT molecular complexity index is 538. The SMILES string of the molecule is O=C(O)CC(NC(=O)/C=C/c1cccc(Br)c1)C1CC1. The monoisotopic (exact) mass is 337 g/mol. The third-order valence-electron chi connectivity index (χ3n) is 3.19. The van der Waals surface area contributed by atoms with Crippen molar-refractivity contribution in [2.24, 2.45) is 5.92 Å². The van der Waals surface area contributed by atoms with Gasteiger partial charge in [-0.2, -0.15) is 0 Å². The fourth-order valence-electron chi connectivity index (χ4n) is 2.04. The van der Waals surface area contributed by atoms with Crippen LogP contribution in [0.15, 0.2) is 34.8 Å². The largest absolute Gasteiger partial charge is 0.481 e. The maximum absolute atomic E-state index is 11.8. The molecule has 1 fully saturated rings. The molecule has 20 heavy (non-hydrogen) atoms. The van der Waals surface area contributed by atoms with Gasteiger partial charge in [0.1, 0.15) is 0 Å². The van der Waals surface area contributed by atoms with Gasteiger partial charge in [-0.15, -0.1) is 0 Å². The molecule has 0 aromatic heterocycles. The number of hydrogen-bond donors (Lipinski definition) is 2. The van der Waals surface area contributed by atoms with Crippen molar-refractivity contribution in [3.8, 4) is 0 Å². The van der Waals surface area contributed by atoms with Crippen LogP contribution < -0.4 is 5.32 Å². The zero-order chi connectivity index (χ0) is 14.5. The van der Waals surface area contributed by atoms with Gasteiger partial charge in [0.25, 0.3) is 0 Å². The van der Waals surface area contributed by atoms with Crippen molar-refractivity contribution in [3.63, 3.8) is 0 Å². The molecule has 5 heteroatoms. The number of nitrogens with one attached hydrogen (secondary N) is 1. The van der Waals surface area contributed by atoms with E-state index in [9.17, 15) is 9.59 Å². The fourth-order valence-corrected chi connectivity index (χ4v) is 2.45. The lowest BCUT2D eigenvalue weighted by molar-refractivity contribution is -0.137. The summed E-state index contributed by atoms with van der Waals surface area (Å²) in [5, 5.41) is 11.6. The molecular formula is C15H16BrNO3. The standard InChI is InChI=1S/C15H16BrNO3/c16-12-3-1-2-10(8-12)4-7-14(18)17-13(9-15(19)20)11-5-6-11/h1-4,7-8,11,13H,5-6,9H2,(H,17,18)(H,19,20)/b7-4+. The third kappa shape index (κ3) is 4.81. The van der Waals surface area contributed by atoms with Crippen molar-refractivity contribution in [2.45, 2.75) is 25.3 Å². The number of carbonyl (C=O) groups excluding carboxylic acids is 1. The molecule has 0 bridgehead atoms. The summed E-state index contributed by atoms with van der Waals surface area (Å²) in [6.07, 6.45) is 5.13. The molecule has 1 atom stereocenters. The first-order valence-electron chi connectivity index (χ1n) is 6.50. The van der Waals surface area contributed by atoms with E-state index >= 15 is 0 Å². The Morgan fingerprint density at radius 3 is 2.80 bits per heavy atom. The van der Waals surface area contributed by atoms with Gasteiger partial charge in [0.15, 0.2) is 0 Å². The molecule has 0 aliphatic heterocycles. The molecule has 4 nitrogen and oxygen atoms in total. The molecule has 2 N–H and O–H groups in total. The zero-order valence-electron chi connectivity index (χ0n) is 10.9. The summed E-state index contributed by atoms with van der Waals surface area (Å²) in [7, 11) is 0. The summed E-state index contributed by atoms with van der Waals surface area (Å²) in [6, 6.07) is 7.34. The summed E-state index contributed by atoms with van der Waals surface area (Å²) in [4.78, 5) is 22.6. The summed E-state index contributed by atoms with van der Waals surface area (Å²) >= 11 is 3.36. The number of carboxylic acids is 1. The van der Waals surface area contributed by atoms with Crippen LogP contribution in [0.3, 0.4) is 0 Å². The first-order chi connectivity index (χ1) is 9.54. The number of carboxylic acid groups (broad SMARTS) is 1. The Morgan fingerprint density at radius 2 is 2.20 bits per heavy atom. The fraction of sp³-hybridized carbons (Fsp3) is 0.333. The lowest BCUT2D eigenvalue weighted by Crippen LogP contribution is -2.37. The van der Waals surface area contributed by atoms with Crippen molar-refractivity contribution < 1.29 is 14.7 Å². The summed E-state index contributed by atoms with van der Waals surface area (Å²) < 4.78 is 0.946. The molecule has 1 aromatic carbocycles. The topological polar surface area (TPSA) is 66.4 Å². The molecule has 1 aliphatic carbocycles. The van der Waals surface area contributed by atoms with E-state index in [0.717, 1.165) is 22.9 Å². The van der Waals surface area contributed by atoms with Gasteiger partial charge in [-0.25, -0.2) is 0 Å². The van der Waals surface area contributed by atoms with Crippen LogP contribution >= 0.6 is 15.9 Å². The van der Waals surface area contributed by atoms with E-state index in [1.807, 2.05) is 24.3 Å². The molecule has 1 amide bonds. The predicted octanol–water partition coefficient (Wildman–Crippen LogP) is 2.83. The minimum atomic E-state index is -0.877. The van der Waals surface area contributed by atoms with E-state index in [1.165, 1.54) is 6.08 Å². The molecule has 0 radical (unpaired) electrons. The van der Waals surface area contributed by atoms with Gasteiger partial charge in [-0.1, -0.05) is 28.1 Å². The molecule has 1 aromatic rings. The highest BCUT2D eigenvalue weighted by molar-refractivity contribution is 9.10. The second kappa shape index (κ2) is 6.70. The molecular weight excluding hydrogens is 322 g/mol. The number of carbonyl (C=O) groups is 2. The van der Waals surface area contributed by atoms with E-state index in [1.54, 1.807) is 6.08 Å². The number of hydrogen-bond acceptors (Lipinski definition) is 2. The van der Waals surface area contributed by atoms with E-state index in [0.29, 0.717) is 5.92 Å². The number of amides is 1. The van der Waals surface area contributed by atoms with Gasteiger partial charge in [0, 0.05) is 16.6 Å². The second-order valence-corrected chi connectivity index (χ2v) is 5.85. The number of benzene rings is 1. The van der Waals surface area contributed by atoms with Crippen LogP contribution in [0.2, 0.25) is 0 Å². The Kier molecular flexibility index (Phi) is 4.95. The maximum atomic E-state index is 11.8. The van der Waals surface area contributed by atoms with Crippen LogP contribution in [-0.4, -0.2) is 23.0 Å². The Labute approximate surface area is 126 Å². The van der Waals surface area contributed by atoms with Crippen molar-refractivity contribution in [3.05, 3.63) is 40.4 Å². The van der Waals surface area contributed by atoms with E-state index in [4.69, 9.17) is 5.11 Å². The van der Waals surface area contributed by atoms with Crippen LogP contribution in [0, 0.1) is 5.92 Å². The highest BCUT2D eigenvalue weighted by Crippen LogP contribution is 2.34. The van der Waals surface area contributed by atoms with Gasteiger partial charge in [-0.3, -0.25) is 9.59 Å². The van der Waals surface area contributed by atoms with Crippen molar-refractivity contribution in [1.29, 1.82) is 0 Å². The van der Waals surface area contributed by atoms with E-state index in [2.05, 4.69) is 21.2 Å². The summed E-state index contributed by atoms with van der Waals surface area (Å²) in [6.45, 7) is 0. The number of halogens is 1. The molecule has 106 valence electrons. The smallest absolute Gasteiger partial charge is 0.305 e. The van der Waals surface area contributed by atoms with E-state index in [-0.39, 0.29) is 18.4 Å². The summed E-state index contributed by atoms with van der Waals surface area (Å²) in [5.41, 5.74) is 0.913. The minimum absolute atomic E-state index is 0.0128. The summed E-state index contributed by atoms with van der Waals surface area (Å²) in [5.74, 6) is -0.810. The van der Waals surface area contributed by atoms with Gasteiger partial charge >= 0.3 is 5.97 Å². The van der Waals surface area contributed by atoms with Crippen LogP contribution in [0.4, 0.5) is 0 Å². The first kappa shape index (κ1) is 14.8. The lowest BCUT2D eigenvalue weighted by atomic mass is 10.1. The normalized spacial score (nSPS) is 16.1. The van der Waals surface area contributed by atoms with Crippen molar-refractivity contribution in [2.75, 3.05) is 0 Å². The van der Waals surface area contributed by atoms with Gasteiger partial charge in [0.2, 0.25) is 5.91 Å². The zero-order valence-corrected chi connectivity index (χ0v) is 12.5. The lowest BCUT2D eigenvalue weighted by Gasteiger charge is -2.14. The second-order valence-electron chi connectivity index (χ2n) is 4.94. The molecule has 2 rings (SSSR count). The van der Waals surface area contributed by atoms with E-state index < -0.39 is 5.97 Å². The number of rotatable bonds is 6. The van der Waals surface area contributed by atoms with Crippen LogP contribution in [0.5, 0.6) is 0 Å². The first-order valence-corrected chi connectivity index (χ1v) is 7.30. The molecule has 0 spiro atoms. The third-order valence-corrected chi connectivity index (χ3v) is 3.68. The Hall–Kier alpha value is -1.62. The molecule has 1 unspecified atom stereocenters. The van der Waals surface area contributed by atoms with Crippen molar-refractivity contribution in [1.82, 2.24) is 5.32 Å². The molecule has 1 saturated carbocycles. The molecule has 0 saturated heterocycles.